The number of halogens is 1. The number of hydrogen-bond acceptors (Lipinski definition) is 4. The van der Waals surface area contributed by atoms with Gasteiger partial charge in [-0.15, -0.1) is 0 Å². The number of hydrogen-bond donors (Lipinski definition) is 1. The Balaban J connectivity index is 2.75. The SMILES string of the molecule is CCOC(=O)c1c(C)n(CN(C)C)c2cc(F)c(O)cc12. The van der Waals surface area contributed by atoms with Gasteiger partial charge >= 0.3 is 5.97 Å². The first-order valence-corrected chi connectivity index (χ1v) is 6.70. The van der Waals surface area contributed by atoms with Crippen molar-refractivity contribution in [1.82, 2.24) is 9.47 Å². The van der Waals surface area contributed by atoms with E-state index in [0.29, 0.717) is 28.8 Å². The molecule has 1 N–H and O–H groups in total. The highest BCUT2D eigenvalue weighted by atomic mass is 19.1. The van der Waals surface area contributed by atoms with E-state index in [0.717, 1.165) is 0 Å². The van der Waals surface area contributed by atoms with Gasteiger partial charge in [0.25, 0.3) is 0 Å². The molecule has 21 heavy (non-hydrogen) atoms. The molecule has 0 spiro atoms. The number of nitrogens with zero attached hydrogens (tertiary/aromatic N) is 2. The van der Waals surface area contributed by atoms with Crippen LogP contribution in [-0.2, 0) is 11.4 Å². The second kappa shape index (κ2) is 5.73. The first kappa shape index (κ1) is 15.3. The molecule has 1 aromatic carbocycles. The van der Waals surface area contributed by atoms with Gasteiger partial charge in [0.05, 0.1) is 24.4 Å². The van der Waals surface area contributed by atoms with E-state index < -0.39 is 17.5 Å². The van der Waals surface area contributed by atoms with Crippen LogP contribution in [0.5, 0.6) is 5.75 Å². The fraction of sp³-hybridized carbons (Fsp3) is 0.400. The van der Waals surface area contributed by atoms with E-state index in [2.05, 4.69) is 0 Å². The zero-order valence-corrected chi connectivity index (χ0v) is 12.6. The maximum absolute atomic E-state index is 13.7. The van der Waals surface area contributed by atoms with E-state index >= 15 is 0 Å². The van der Waals surface area contributed by atoms with E-state index in [1.165, 1.54) is 12.1 Å². The maximum atomic E-state index is 13.7. The average Bonchev–Trinajstić information content (AvgIpc) is 2.63. The number of ether oxygens (including phenoxy) is 1. The predicted molar refractivity (Wildman–Crippen MR) is 77.9 cm³/mol. The average molecular weight is 294 g/mol. The van der Waals surface area contributed by atoms with Gasteiger partial charge in [0, 0.05) is 17.1 Å². The second-order valence-electron chi connectivity index (χ2n) is 5.15. The molecule has 0 saturated heterocycles. The van der Waals surface area contributed by atoms with E-state index in [1.54, 1.807) is 13.8 Å². The van der Waals surface area contributed by atoms with Gasteiger partial charge in [-0.2, -0.15) is 0 Å². The lowest BCUT2D eigenvalue weighted by atomic mass is 10.1. The van der Waals surface area contributed by atoms with Crippen molar-refractivity contribution in [2.24, 2.45) is 0 Å². The van der Waals surface area contributed by atoms with Crippen molar-refractivity contribution in [2.75, 3.05) is 20.7 Å². The van der Waals surface area contributed by atoms with E-state index in [1.807, 2.05) is 23.6 Å². The molecule has 1 heterocycles. The third-order valence-corrected chi connectivity index (χ3v) is 3.30. The van der Waals surface area contributed by atoms with Gasteiger partial charge in [0.15, 0.2) is 11.6 Å². The number of rotatable bonds is 4. The molecule has 0 fully saturated rings. The molecule has 5 nitrogen and oxygen atoms in total. The quantitative estimate of drug-likeness (QED) is 0.880. The summed E-state index contributed by atoms with van der Waals surface area (Å²) in [5.74, 6) is -1.66. The zero-order chi connectivity index (χ0) is 15.7. The highest BCUT2D eigenvalue weighted by molar-refractivity contribution is 6.06. The smallest absolute Gasteiger partial charge is 0.340 e. The first-order valence-electron chi connectivity index (χ1n) is 6.70. The first-order chi connectivity index (χ1) is 9.86. The Bertz CT molecular complexity index is 692. The molecule has 0 bridgehead atoms. The number of carbonyl (C=O) groups excluding carboxylic acids is 1. The van der Waals surface area contributed by atoms with E-state index in [9.17, 15) is 14.3 Å². The van der Waals surface area contributed by atoms with Gasteiger partial charge in [-0.3, -0.25) is 4.90 Å². The van der Waals surface area contributed by atoms with Gasteiger partial charge < -0.3 is 14.4 Å². The Hall–Kier alpha value is -2.08. The molecule has 0 unspecified atom stereocenters. The Morgan fingerprint density at radius 1 is 1.43 bits per heavy atom. The molecule has 0 aliphatic carbocycles. The monoisotopic (exact) mass is 294 g/mol. The number of benzene rings is 1. The van der Waals surface area contributed by atoms with Gasteiger partial charge in [0.1, 0.15) is 0 Å². The summed E-state index contributed by atoms with van der Waals surface area (Å²) in [7, 11) is 3.76. The van der Waals surface area contributed by atoms with Crippen LogP contribution in [0, 0.1) is 12.7 Å². The summed E-state index contributed by atoms with van der Waals surface area (Å²) in [6.07, 6.45) is 0. The van der Waals surface area contributed by atoms with Crippen molar-refractivity contribution < 1.29 is 19.0 Å². The topological polar surface area (TPSA) is 54.7 Å². The van der Waals surface area contributed by atoms with Crippen LogP contribution in [0.4, 0.5) is 4.39 Å². The highest BCUT2D eigenvalue weighted by Gasteiger charge is 2.22. The van der Waals surface area contributed by atoms with Gasteiger partial charge in [-0.05, 0) is 34.0 Å². The fourth-order valence-electron chi connectivity index (χ4n) is 2.41. The van der Waals surface area contributed by atoms with Crippen molar-refractivity contribution in [1.29, 1.82) is 0 Å². The van der Waals surface area contributed by atoms with Gasteiger partial charge in [-0.25, -0.2) is 9.18 Å². The minimum atomic E-state index is -0.713. The summed E-state index contributed by atoms with van der Waals surface area (Å²) in [5.41, 5.74) is 1.60. The predicted octanol–water partition coefficient (Wildman–Crippen LogP) is 2.49. The Morgan fingerprint density at radius 3 is 2.67 bits per heavy atom. The Morgan fingerprint density at radius 2 is 2.10 bits per heavy atom. The lowest BCUT2D eigenvalue weighted by Gasteiger charge is -2.14. The van der Waals surface area contributed by atoms with Crippen LogP contribution >= 0.6 is 0 Å². The van der Waals surface area contributed by atoms with Crippen LogP contribution < -0.4 is 0 Å². The van der Waals surface area contributed by atoms with Crippen molar-refractivity contribution >= 4 is 16.9 Å². The molecule has 0 aliphatic heterocycles. The number of carbonyl (C=O) groups is 1. The summed E-state index contributed by atoms with van der Waals surface area (Å²) in [6, 6.07) is 2.51. The summed E-state index contributed by atoms with van der Waals surface area (Å²) < 4.78 is 20.6. The minimum Gasteiger partial charge on any atom is -0.505 e. The Kier molecular flexibility index (Phi) is 4.18. The van der Waals surface area contributed by atoms with Crippen molar-refractivity contribution in [3.8, 4) is 5.75 Å². The van der Waals surface area contributed by atoms with Crippen LogP contribution in [0.1, 0.15) is 23.0 Å². The van der Waals surface area contributed by atoms with Crippen LogP contribution in [0.2, 0.25) is 0 Å². The molecular formula is C15H19FN2O3. The summed E-state index contributed by atoms with van der Waals surface area (Å²) in [5, 5.41) is 10.1. The number of aromatic nitrogens is 1. The normalized spacial score (nSPS) is 11.3. The molecule has 0 saturated carbocycles. The third kappa shape index (κ3) is 2.71. The van der Waals surface area contributed by atoms with E-state index in [-0.39, 0.29) is 6.61 Å². The molecule has 0 radical (unpaired) electrons. The molecule has 0 atom stereocenters. The number of fused-ring (bicyclic) bond motifs is 1. The molecule has 2 aromatic rings. The minimum absolute atomic E-state index is 0.256. The van der Waals surface area contributed by atoms with Crippen LogP contribution in [0.15, 0.2) is 12.1 Å². The summed E-state index contributed by atoms with van der Waals surface area (Å²) >= 11 is 0. The third-order valence-electron chi connectivity index (χ3n) is 3.30. The largest absolute Gasteiger partial charge is 0.505 e. The zero-order valence-electron chi connectivity index (χ0n) is 12.6. The van der Waals surface area contributed by atoms with Crippen LogP contribution in [-0.4, -0.2) is 41.2 Å². The van der Waals surface area contributed by atoms with Gasteiger partial charge in [-0.1, -0.05) is 0 Å². The van der Waals surface area contributed by atoms with Crippen LogP contribution in [0.3, 0.4) is 0 Å². The molecule has 114 valence electrons. The van der Waals surface area contributed by atoms with Crippen molar-refractivity contribution in [3.05, 3.63) is 29.2 Å². The van der Waals surface area contributed by atoms with Crippen LogP contribution in [0.25, 0.3) is 10.9 Å². The number of phenolic OH excluding ortho intramolecular Hbond substituents is 1. The molecular weight excluding hydrogens is 275 g/mol. The lowest BCUT2D eigenvalue weighted by molar-refractivity contribution is 0.0527. The molecule has 0 amide bonds. The number of esters is 1. The summed E-state index contributed by atoms with van der Waals surface area (Å²) in [4.78, 5) is 14.1. The van der Waals surface area contributed by atoms with Gasteiger partial charge in [0.2, 0.25) is 0 Å². The maximum Gasteiger partial charge on any atom is 0.340 e. The molecule has 0 aliphatic rings. The second-order valence-corrected chi connectivity index (χ2v) is 5.15. The standard InChI is InChI=1S/C15H19FN2O3/c1-5-21-15(20)14-9(2)18(8-17(3)4)12-7-11(16)13(19)6-10(12)14/h6-7,19H,5,8H2,1-4H3. The van der Waals surface area contributed by atoms with Crippen molar-refractivity contribution in [2.45, 2.75) is 20.5 Å². The highest BCUT2D eigenvalue weighted by Crippen LogP contribution is 2.31. The molecule has 1 aromatic heterocycles. The molecule has 2 rings (SSSR count). The van der Waals surface area contributed by atoms with Crippen molar-refractivity contribution in [3.63, 3.8) is 0 Å². The van der Waals surface area contributed by atoms with E-state index in [4.69, 9.17) is 4.74 Å². The molecule has 6 heteroatoms. The lowest BCUT2D eigenvalue weighted by Crippen LogP contribution is -2.18. The number of aromatic hydroxyl groups is 1. The Labute approximate surface area is 122 Å². The number of phenols is 1. The summed E-state index contributed by atoms with van der Waals surface area (Å²) in [6.45, 7) is 4.26. The fourth-order valence-corrected chi connectivity index (χ4v) is 2.41.